The maximum atomic E-state index is 15.1. The molecule has 7 aliphatic heterocycles. The van der Waals surface area contributed by atoms with E-state index in [1.54, 1.807) is 13.8 Å². The summed E-state index contributed by atoms with van der Waals surface area (Å²) in [6.07, 6.45) is -3.71. The molecular formula is C29H34O13. The Bertz CT molecular complexity index is 1430. The van der Waals surface area contributed by atoms with Crippen molar-refractivity contribution in [2.45, 2.75) is 124 Å². The molecule has 0 amide bonds. The molecule has 15 atom stereocenters. The standard InChI is InChI=1S/C29H34O13/c1-11-16-17(37-18(11)32)27(36)19-22(2,20(33)24(27,4)35)5-6-25-9-26-12(23(3,10-30)38-13(26)8-15(31)40-26)7-14-28(25,39-14)21(34)29(19,41-16)42-25/h11-14,16-17,19,30,35-36H,5-10H2,1-4H3/t11-,12-,13+,14-,16+,17-,19-,22-,23-,24-,25-,26+,27-,28+,29-/m0/s1. The fraction of sp³-hybridized carbons (Fsp3) is 0.862. The predicted molar refractivity (Wildman–Crippen MR) is 131 cm³/mol. The van der Waals surface area contributed by atoms with Crippen LogP contribution >= 0.6 is 0 Å². The van der Waals surface area contributed by atoms with E-state index in [-0.39, 0.29) is 38.7 Å². The molecule has 0 aromatic heterocycles. The minimum Gasteiger partial charge on any atom is -0.456 e. The molecule has 9 aliphatic rings. The molecule has 9 rings (SSSR count). The molecule has 2 aliphatic carbocycles. The molecule has 7 saturated heterocycles. The van der Waals surface area contributed by atoms with Crippen LogP contribution in [0.25, 0.3) is 0 Å². The minimum atomic E-state index is -2.41. The summed E-state index contributed by atoms with van der Waals surface area (Å²) in [6, 6.07) is 0. The number of hydrogen-bond donors (Lipinski definition) is 3. The zero-order chi connectivity index (χ0) is 29.8. The molecule has 42 heavy (non-hydrogen) atoms. The molecule has 13 nitrogen and oxygen atoms in total. The number of epoxide rings is 1. The number of carbonyl (C=O) groups excluding carboxylic acids is 4. The summed E-state index contributed by atoms with van der Waals surface area (Å²) in [4.78, 5) is 54.8. The van der Waals surface area contributed by atoms with Crippen molar-refractivity contribution in [1.29, 1.82) is 0 Å². The van der Waals surface area contributed by atoms with Crippen molar-refractivity contribution in [3.8, 4) is 0 Å². The molecule has 2 bridgehead atoms. The molecule has 7 heterocycles. The topological polar surface area (TPSA) is 188 Å². The fourth-order valence-electron chi connectivity index (χ4n) is 11.2. The molecule has 0 unspecified atom stereocenters. The van der Waals surface area contributed by atoms with Crippen molar-refractivity contribution in [3.63, 3.8) is 0 Å². The highest BCUT2D eigenvalue weighted by Gasteiger charge is 2.96. The molecule has 0 aromatic rings. The fourth-order valence-corrected chi connectivity index (χ4v) is 11.2. The lowest BCUT2D eigenvalue weighted by Crippen LogP contribution is -2.75. The Labute approximate surface area is 240 Å². The number of aliphatic hydroxyl groups excluding tert-OH is 1. The van der Waals surface area contributed by atoms with Crippen LogP contribution in [0.4, 0.5) is 0 Å². The van der Waals surface area contributed by atoms with E-state index in [2.05, 4.69) is 0 Å². The van der Waals surface area contributed by atoms with Crippen molar-refractivity contribution < 1.29 is 62.9 Å². The van der Waals surface area contributed by atoms with Gasteiger partial charge in [-0.15, -0.1) is 0 Å². The van der Waals surface area contributed by atoms with Crippen LogP contribution in [0.1, 0.15) is 59.8 Å². The van der Waals surface area contributed by atoms with Gasteiger partial charge in [0.05, 0.1) is 36.6 Å². The number of aliphatic hydroxyl groups is 3. The number of carbonyl (C=O) groups is 4. The monoisotopic (exact) mass is 590 g/mol. The van der Waals surface area contributed by atoms with Crippen LogP contribution in [-0.4, -0.2) is 109 Å². The Kier molecular flexibility index (Phi) is 4.28. The van der Waals surface area contributed by atoms with Crippen LogP contribution < -0.4 is 0 Å². The molecule has 4 spiro atoms. The summed E-state index contributed by atoms with van der Waals surface area (Å²) in [7, 11) is 0. The van der Waals surface area contributed by atoms with E-state index in [9.17, 15) is 29.7 Å². The van der Waals surface area contributed by atoms with E-state index in [1.807, 2.05) is 0 Å². The molecule has 0 radical (unpaired) electrons. The first-order chi connectivity index (χ1) is 19.5. The number of hydrogen-bond acceptors (Lipinski definition) is 13. The normalized spacial score (nSPS) is 64.9. The van der Waals surface area contributed by atoms with Crippen molar-refractivity contribution in [3.05, 3.63) is 0 Å². The average Bonchev–Trinajstić information content (AvgIpc) is 3.37. The Hall–Kier alpha value is -2.00. The lowest BCUT2D eigenvalue weighted by atomic mass is 9.59. The van der Waals surface area contributed by atoms with Crippen LogP contribution in [0.15, 0.2) is 0 Å². The van der Waals surface area contributed by atoms with E-state index in [0.29, 0.717) is 0 Å². The second-order valence-corrected chi connectivity index (χ2v) is 14.9. The van der Waals surface area contributed by atoms with Crippen molar-refractivity contribution in [2.75, 3.05) is 6.61 Å². The quantitative estimate of drug-likeness (QED) is 0.245. The van der Waals surface area contributed by atoms with Crippen molar-refractivity contribution in [2.24, 2.45) is 23.2 Å². The minimum absolute atomic E-state index is 0.0189. The molecule has 13 heteroatoms. The van der Waals surface area contributed by atoms with Gasteiger partial charge in [-0.1, -0.05) is 6.92 Å². The summed E-state index contributed by atoms with van der Waals surface area (Å²) in [5, 5.41) is 34.7. The number of ether oxygens (including phenoxy) is 6. The van der Waals surface area contributed by atoms with Gasteiger partial charge in [0.25, 0.3) is 0 Å². The zero-order valence-corrected chi connectivity index (χ0v) is 23.7. The Morgan fingerprint density at radius 1 is 0.952 bits per heavy atom. The third-order valence-electron chi connectivity index (χ3n) is 13.1. The molecule has 0 aromatic carbocycles. The van der Waals surface area contributed by atoms with Crippen LogP contribution in [0.2, 0.25) is 0 Å². The van der Waals surface area contributed by atoms with Crippen LogP contribution in [-0.2, 0) is 47.6 Å². The second-order valence-electron chi connectivity index (χ2n) is 14.9. The number of Topliss-reactive ketones (excluding diaryl/α,β-unsaturated/α-hetero) is 2. The van der Waals surface area contributed by atoms with Crippen LogP contribution in [0, 0.1) is 23.2 Å². The van der Waals surface area contributed by atoms with Gasteiger partial charge in [-0.05, 0) is 40.0 Å². The molecule has 2 saturated carbocycles. The molecule has 9 fully saturated rings. The van der Waals surface area contributed by atoms with Gasteiger partial charge in [0.15, 0.2) is 23.1 Å². The Morgan fingerprint density at radius 3 is 2.40 bits per heavy atom. The summed E-state index contributed by atoms with van der Waals surface area (Å²) >= 11 is 0. The number of fused-ring (bicyclic) bond motifs is 2. The van der Waals surface area contributed by atoms with Gasteiger partial charge >= 0.3 is 11.9 Å². The summed E-state index contributed by atoms with van der Waals surface area (Å²) in [5.74, 6) is -7.62. The first-order valence-electron chi connectivity index (χ1n) is 14.8. The predicted octanol–water partition coefficient (Wildman–Crippen LogP) is -1.15. The SMILES string of the molecule is C[C@@H]1C(=O)O[C@H]2[C@@H]1O[C@]13O[C@@]4(CC[C@]5(C)C(=O)[C@](C)(O)[C@@]2(O)[C@@H]15)C[C@]12OC(=O)C[C@H]1O[C@@](C)(CO)[C@@H]2C[C@@H]1O[C@@]14C3=O. The maximum Gasteiger partial charge on any atom is 0.311 e. The highest BCUT2D eigenvalue weighted by atomic mass is 16.8. The highest BCUT2D eigenvalue weighted by Crippen LogP contribution is 2.77. The first-order valence-corrected chi connectivity index (χ1v) is 14.8. The van der Waals surface area contributed by atoms with Crippen LogP contribution in [0.3, 0.4) is 0 Å². The number of ketones is 2. The van der Waals surface area contributed by atoms with Gasteiger partial charge in [0.2, 0.25) is 11.6 Å². The Morgan fingerprint density at radius 2 is 1.69 bits per heavy atom. The maximum absolute atomic E-state index is 15.1. The summed E-state index contributed by atoms with van der Waals surface area (Å²) in [5.41, 5.74) is -11.7. The molecular weight excluding hydrogens is 556 g/mol. The lowest BCUT2D eigenvalue weighted by molar-refractivity contribution is -0.370. The number of rotatable bonds is 1. The smallest absolute Gasteiger partial charge is 0.311 e. The van der Waals surface area contributed by atoms with E-state index in [4.69, 9.17) is 28.4 Å². The van der Waals surface area contributed by atoms with Gasteiger partial charge in [0, 0.05) is 17.8 Å². The van der Waals surface area contributed by atoms with Crippen molar-refractivity contribution >= 4 is 23.5 Å². The Balaban J connectivity index is 1.27. The highest BCUT2D eigenvalue weighted by molar-refractivity contribution is 6.05. The zero-order valence-electron chi connectivity index (χ0n) is 23.7. The lowest BCUT2D eigenvalue weighted by Gasteiger charge is -2.54. The van der Waals surface area contributed by atoms with Crippen LogP contribution in [0.5, 0.6) is 0 Å². The summed E-state index contributed by atoms with van der Waals surface area (Å²) in [6.45, 7) is 5.73. The van der Waals surface area contributed by atoms with E-state index < -0.39 is 110 Å². The summed E-state index contributed by atoms with van der Waals surface area (Å²) < 4.78 is 37.8. The van der Waals surface area contributed by atoms with E-state index in [0.717, 1.165) is 0 Å². The van der Waals surface area contributed by atoms with E-state index >= 15 is 4.79 Å². The first kappa shape index (κ1) is 26.4. The van der Waals surface area contributed by atoms with Gasteiger partial charge < -0.3 is 43.7 Å². The third kappa shape index (κ3) is 2.25. The second kappa shape index (κ2) is 6.80. The third-order valence-corrected chi connectivity index (χ3v) is 13.1. The van der Waals surface area contributed by atoms with E-state index in [1.165, 1.54) is 13.8 Å². The van der Waals surface area contributed by atoms with Gasteiger partial charge in [-0.3, -0.25) is 19.2 Å². The molecule has 228 valence electrons. The largest absolute Gasteiger partial charge is 0.456 e. The van der Waals surface area contributed by atoms with Gasteiger partial charge in [-0.25, -0.2) is 0 Å². The number of esters is 2. The van der Waals surface area contributed by atoms with Gasteiger partial charge in [-0.2, -0.15) is 0 Å². The van der Waals surface area contributed by atoms with Gasteiger partial charge in [0.1, 0.15) is 29.0 Å². The average molecular weight is 591 g/mol. The van der Waals surface area contributed by atoms with Crippen molar-refractivity contribution in [1.82, 2.24) is 0 Å². The molecule has 3 N–H and O–H groups in total.